The van der Waals surface area contributed by atoms with E-state index in [-0.39, 0.29) is 31.8 Å². The van der Waals surface area contributed by atoms with Crippen LogP contribution in [-0.4, -0.2) is 41.0 Å². The van der Waals surface area contributed by atoms with Crippen LogP contribution in [0.1, 0.15) is 24.5 Å². The first-order valence-corrected chi connectivity index (χ1v) is 8.86. The van der Waals surface area contributed by atoms with Gasteiger partial charge in [0.05, 0.1) is 0 Å². The molecule has 1 saturated heterocycles. The van der Waals surface area contributed by atoms with Gasteiger partial charge in [-0.15, -0.1) is 0 Å². The van der Waals surface area contributed by atoms with Gasteiger partial charge in [0.15, 0.2) is 5.89 Å². The Morgan fingerprint density at radius 2 is 1.75 bits per heavy atom. The highest BCUT2D eigenvalue weighted by Crippen LogP contribution is 2.27. The first kappa shape index (κ1) is 19.9. The van der Waals surface area contributed by atoms with Crippen LogP contribution in [0, 0.1) is 19.8 Å². The second kappa shape index (κ2) is 7.65. The molecule has 1 aromatic carbocycles. The van der Waals surface area contributed by atoms with Crippen molar-refractivity contribution < 1.29 is 27.2 Å². The summed E-state index contributed by atoms with van der Waals surface area (Å²) in [6.45, 7) is 3.42. The largest absolute Gasteiger partial charge is 0.471 e. The molecule has 0 saturated carbocycles. The number of hydrogen-bond donors (Lipinski definition) is 1. The Hall–Kier alpha value is -2.84. The predicted octanol–water partition coefficient (Wildman–Crippen LogP) is 3.70. The van der Waals surface area contributed by atoms with Crippen molar-refractivity contribution in [3.63, 3.8) is 0 Å². The Morgan fingerprint density at radius 1 is 1.14 bits per heavy atom. The van der Waals surface area contributed by atoms with Crippen molar-refractivity contribution in [3.8, 4) is 11.3 Å². The molecule has 1 fully saturated rings. The topological polar surface area (TPSA) is 75.4 Å². The van der Waals surface area contributed by atoms with Gasteiger partial charge in [-0.1, -0.05) is 12.1 Å². The molecular weight excluding hydrogens is 375 g/mol. The molecule has 9 heteroatoms. The van der Waals surface area contributed by atoms with E-state index in [2.05, 4.69) is 10.3 Å². The first-order chi connectivity index (χ1) is 13.1. The smallest absolute Gasteiger partial charge is 0.446 e. The van der Waals surface area contributed by atoms with E-state index in [1.807, 2.05) is 19.1 Å². The number of benzene rings is 1. The maximum absolute atomic E-state index is 12.5. The van der Waals surface area contributed by atoms with Crippen LogP contribution in [0.25, 0.3) is 11.3 Å². The highest BCUT2D eigenvalue weighted by Gasteiger charge is 2.43. The Balaban J connectivity index is 1.57. The number of hydrogen-bond acceptors (Lipinski definition) is 4. The molecule has 150 valence electrons. The fraction of sp³-hybridized carbons (Fsp3) is 0.421. The summed E-state index contributed by atoms with van der Waals surface area (Å²) >= 11 is 0. The number of rotatable bonds is 3. The van der Waals surface area contributed by atoms with Crippen LogP contribution in [0.3, 0.4) is 0 Å². The van der Waals surface area contributed by atoms with Crippen LogP contribution in [0.15, 0.2) is 28.7 Å². The van der Waals surface area contributed by atoms with Gasteiger partial charge >= 0.3 is 12.1 Å². The number of carbonyl (C=O) groups excluding carboxylic acids is 2. The summed E-state index contributed by atoms with van der Waals surface area (Å²) in [5.41, 5.74) is 2.17. The monoisotopic (exact) mass is 395 g/mol. The molecule has 1 aliphatic rings. The van der Waals surface area contributed by atoms with Crippen molar-refractivity contribution in [1.29, 1.82) is 0 Å². The fourth-order valence-electron chi connectivity index (χ4n) is 3.28. The normalized spacial score (nSPS) is 15.5. The molecule has 6 nitrogen and oxygen atoms in total. The van der Waals surface area contributed by atoms with Crippen LogP contribution in [-0.2, 0) is 9.59 Å². The Bertz CT molecular complexity index is 867. The van der Waals surface area contributed by atoms with Gasteiger partial charge in [0.25, 0.3) is 0 Å². The summed E-state index contributed by atoms with van der Waals surface area (Å²) in [4.78, 5) is 28.7. The molecule has 2 amide bonds. The highest BCUT2D eigenvalue weighted by molar-refractivity contribution is 5.93. The molecule has 1 N–H and O–H groups in total. The van der Waals surface area contributed by atoms with E-state index < -0.39 is 18.0 Å². The van der Waals surface area contributed by atoms with Gasteiger partial charge in [0.2, 0.25) is 5.91 Å². The van der Waals surface area contributed by atoms with E-state index in [0.29, 0.717) is 17.3 Å². The maximum atomic E-state index is 12.5. The standard InChI is InChI=1S/C19H20F3N3O3/c1-11-16(23-12(2)28-11)13-3-5-15(6-4-13)24-17(26)14-7-9-25(10-8-14)18(27)19(20,21)22/h3-6,14H,7-10H2,1-2H3,(H,24,26). The highest BCUT2D eigenvalue weighted by atomic mass is 19.4. The number of carbonyl (C=O) groups is 2. The van der Waals surface area contributed by atoms with Crippen molar-refractivity contribution in [2.45, 2.75) is 32.9 Å². The summed E-state index contributed by atoms with van der Waals surface area (Å²) in [6.07, 6.45) is -4.48. The summed E-state index contributed by atoms with van der Waals surface area (Å²) in [6, 6.07) is 7.09. The number of nitrogens with one attached hydrogen (secondary N) is 1. The summed E-state index contributed by atoms with van der Waals surface area (Å²) in [5, 5.41) is 2.78. The lowest BCUT2D eigenvalue weighted by Crippen LogP contribution is -2.46. The average Bonchev–Trinajstić information content (AvgIpc) is 2.99. The Morgan fingerprint density at radius 3 is 2.25 bits per heavy atom. The van der Waals surface area contributed by atoms with E-state index in [1.165, 1.54) is 0 Å². The number of aryl methyl sites for hydroxylation is 2. The maximum Gasteiger partial charge on any atom is 0.471 e. The molecule has 0 radical (unpaired) electrons. The molecule has 1 aromatic heterocycles. The molecule has 0 unspecified atom stereocenters. The molecule has 28 heavy (non-hydrogen) atoms. The molecular formula is C19H20F3N3O3. The van der Waals surface area contributed by atoms with Gasteiger partial charge in [0.1, 0.15) is 11.5 Å². The quantitative estimate of drug-likeness (QED) is 0.860. The number of nitrogens with zero attached hydrogens (tertiary/aromatic N) is 2. The van der Waals surface area contributed by atoms with E-state index in [9.17, 15) is 22.8 Å². The molecule has 3 rings (SSSR count). The lowest BCUT2D eigenvalue weighted by Gasteiger charge is -2.31. The van der Waals surface area contributed by atoms with Crippen molar-refractivity contribution in [1.82, 2.24) is 9.88 Å². The lowest BCUT2D eigenvalue weighted by molar-refractivity contribution is -0.186. The van der Waals surface area contributed by atoms with Gasteiger partial charge < -0.3 is 14.6 Å². The number of alkyl halides is 3. The number of amides is 2. The third kappa shape index (κ3) is 4.35. The van der Waals surface area contributed by atoms with Crippen molar-refractivity contribution in [2.24, 2.45) is 5.92 Å². The molecule has 2 heterocycles. The number of aromatic nitrogens is 1. The zero-order valence-electron chi connectivity index (χ0n) is 15.5. The third-order valence-corrected chi connectivity index (χ3v) is 4.72. The van der Waals surface area contributed by atoms with Gasteiger partial charge in [-0.3, -0.25) is 9.59 Å². The van der Waals surface area contributed by atoms with Crippen molar-refractivity contribution in [3.05, 3.63) is 35.9 Å². The SMILES string of the molecule is Cc1nc(-c2ccc(NC(=O)C3CCN(C(=O)C(F)(F)F)CC3)cc2)c(C)o1. The van der Waals surface area contributed by atoms with E-state index >= 15 is 0 Å². The molecule has 0 spiro atoms. The third-order valence-electron chi connectivity index (χ3n) is 4.72. The van der Waals surface area contributed by atoms with Crippen LogP contribution >= 0.6 is 0 Å². The van der Waals surface area contributed by atoms with Crippen LogP contribution in [0.2, 0.25) is 0 Å². The second-order valence-corrected chi connectivity index (χ2v) is 6.77. The molecule has 0 atom stereocenters. The summed E-state index contributed by atoms with van der Waals surface area (Å²) < 4.78 is 42.8. The zero-order chi connectivity index (χ0) is 20.5. The minimum absolute atomic E-state index is 0.0832. The van der Waals surface area contributed by atoms with Gasteiger partial charge in [-0.2, -0.15) is 13.2 Å². The van der Waals surface area contributed by atoms with E-state index in [0.717, 1.165) is 16.2 Å². The van der Waals surface area contributed by atoms with E-state index in [4.69, 9.17) is 4.42 Å². The van der Waals surface area contributed by atoms with Crippen LogP contribution in [0.4, 0.5) is 18.9 Å². The fourth-order valence-corrected chi connectivity index (χ4v) is 3.28. The predicted molar refractivity (Wildman–Crippen MR) is 95.4 cm³/mol. The lowest BCUT2D eigenvalue weighted by atomic mass is 9.95. The first-order valence-electron chi connectivity index (χ1n) is 8.86. The minimum Gasteiger partial charge on any atom is -0.446 e. The van der Waals surface area contributed by atoms with Gasteiger partial charge in [0, 0.05) is 37.2 Å². The molecule has 2 aromatic rings. The minimum atomic E-state index is -4.88. The molecule has 1 aliphatic heterocycles. The van der Waals surface area contributed by atoms with Gasteiger partial charge in [-0.05, 0) is 31.9 Å². The van der Waals surface area contributed by atoms with Crippen LogP contribution in [0.5, 0.6) is 0 Å². The average molecular weight is 395 g/mol. The molecule has 0 bridgehead atoms. The number of likely N-dealkylation sites (tertiary alicyclic amines) is 1. The van der Waals surface area contributed by atoms with Gasteiger partial charge in [-0.25, -0.2) is 4.98 Å². The Kier molecular flexibility index (Phi) is 5.44. The summed E-state index contributed by atoms with van der Waals surface area (Å²) in [7, 11) is 0. The number of piperidine rings is 1. The van der Waals surface area contributed by atoms with Crippen molar-refractivity contribution >= 4 is 17.5 Å². The Labute approximate surface area is 159 Å². The molecule has 0 aliphatic carbocycles. The second-order valence-electron chi connectivity index (χ2n) is 6.77. The number of halogens is 3. The van der Waals surface area contributed by atoms with Crippen LogP contribution < -0.4 is 5.32 Å². The van der Waals surface area contributed by atoms with E-state index in [1.54, 1.807) is 19.1 Å². The number of oxazole rings is 1. The van der Waals surface area contributed by atoms with Crippen molar-refractivity contribution in [2.75, 3.05) is 18.4 Å². The summed E-state index contributed by atoms with van der Waals surface area (Å²) in [5.74, 6) is -1.27. The number of anilines is 1. The zero-order valence-corrected chi connectivity index (χ0v) is 15.5.